The van der Waals surface area contributed by atoms with E-state index in [9.17, 15) is 14.0 Å². The Bertz CT molecular complexity index is 910. The molecular weight excluding hydrogens is 381 g/mol. The molecular formula is C21H21ClFN3O2. The Morgan fingerprint density at radius 1 is 1.00 bits per heavy atom. The van der Waals surface area contributed by atoms with Gasteiger partial charge in [-0.3, -0.25) is 14.5 Å². The van der Waals surface area contributed by atoms with Crippen LogP contribution in [0.2, 0.25) is 5.02 Å². The maximum absolute atomic E-state index is 13.1. The van der Waals surface area contributed by atoms with E-state index in [4.69, 9.17) is 11.6 Å². The first-order valence-electron chi connectivity index (χ1n) is 9.31. The maximum Gasteiger partial charge on any atom is 0.251 e. The average molecular weight is 402 g/mol. The first-order chi connectivity index (χ1) is 13.4. The largest absolute Gasteiger partial charge is 0.369 e. The molecule has 2 aliphatic rings. The van der Waals surface area contributed by atoms with E-state index in [0.29, 0.717) is 23.8 Å². The van der Waals surface area contributed by atoms with Crippen molar-refractivity contribution >= 4 is 34.8 Å². The Morgan fingerprint density at radius 2 is 1.68 bits per heavy atom. The Labute approximate surface area is 168 Å². The number of imide groups is 1. The molecule has 0 unspecified atom stereocenters. The molecule has 2 amide bonds. The molecule has 0 aliphatic carbocycles. The first kappa shape index (κ1) is 18.9. The van der Waals surface area contributed by atoms with Crippen molar-refractivity contribution in [2.24, 2.45) is 0 Å². The van der Waals surface area contributed by atoms with Crippen molar-refractivity contribution in [3.63, 3.8) is 0 Å². The van der Waals surface area contributed by atoms with Crippen molar-refractivity contribution in [2.45, 2.75) is 19.4 Å². The van der Waals surface area contributed by atoms with Gasteiger partial charge in [0, 0.05) is 36.9 Å². The summed E-state index contributed by atoms with van der Waals surface area (Å²) in [6.07, 6.45) is 0.182. The van der Waals surface area contributed by atoms with Crippen LogP contribution in [0.5, 0.6) is 0 Å². The third-order valence-electron chi connectivity index (χ3n) is 5.48. The van der Waals surface area contributed by atoms with Gasteiger partial charge >= 0.3 is 0 Å². The smallest absolute Gasteiger partial charge is 0.251 e. The highest BCUT2D eigenvalue weighted by atomic mass is 35.5. The Kier molecular flexibility index (Phi) is 5.08. The summed E-state index contributed by atoms with van der Waals surface area (Å²) < 4.78 is 13.1. The van der Waals surface area contributed by atoms with E-state index in [-0.39, 0.29) is 24.1 Å². The lowest BCUT2D eigenvalue weighted by Crippen LogP contribution is -2.52. The van der Waals surface area contributed by atoms with Gasteiger partial charge in [-0.25, -0.2) is 9.29 Å². The number of benzene rings is 2. The summed E-state index contributed by atoms with van der Waals surface area (Å²) in [7, 11) is 0. The van der Waals surface area contributed by atoms with Crippen LogP contribution < -0.4 is 9.80 Å². The molecule has 0 bridgehead atoms. The van der Waals surface area contributed by atoms with Gasteiger partial charge < -0.3 is 4.90 Å². The van der Waals surface area contributed by atoms with Gasteiger partial charge in [-0.1, -0.05) is 17.7 Å². The molecule has 5 nitrogen and oxygen atoms in total. The molecule has 146 valence electrons. The second kappa shape index (κ2) is 7.53. The quantitative estimate of drug-likeness (QED) is 0.741. The SMILES string of the molecule is Cc1ccc(Cl)cc1N1C(=O)C[C@@H](N2CCN(c3ccc(F)cc3)CC2)C1=O. The number of hydrogen-bond acceptors (Lipinski definition) is 4. The minimum absolute atomic E-state index is 0.182. The van der Waals surface area contributed by atoms with E-state index in [2.05, 4.69) is 9.80 Å². The van der Waals surface area contributed by atoms with Crippen LogP contribution in [0, 0.1) is 12.7 Å². The van der Waals surface area contributed by atoms with Crippen molar-refractivity contribution in [2.75, 3.05) is 36.0 Å². The molecule has 28 heavy (non-hydrogen) atoms. The lowest BCUT2D eigenvalue weighted by Gasteiger charge is -2.38. The molecule has 0 aromatic heterocycles. The fourth-order valence-electron chi connectivity index (χ4n) is 3.92. The summed E-state index contributed by atoms with van der Waals surface area (Å²) in [4.78, 5) is 31.2. The molecule has 2 aromatic carbocycles. The van der Waals surface area contributed by atoms with E-state index in [1.54, 1.807) is 24.3 Å². The lowest BCUT2D eigenvalue weighted by atomic mass is 10.1. The van der Waals surface area contributed by atoms with E-state index in [1.807, 2.05) is 13.0 Å². The molecule has 0 radical (unpaired) electrons. The van der Waals surface area contributed by atoms with E-state index < -0.39 is 6.04 Å². The average Bonchev–Trinajstić information content (AvgIpc) is 2.99. The number of anilines is 2. The molecule has 1 atom stereocenters. The number of nitrogens with zero attached hydrogens (tertiary/aromatic N) is 3. The van der Waals surface area contributed by atoms with Crippen molar-refractivity contribution in [3.05, 3.63) is 58.9 Å². The van der Waals surface area contributed by atoms with Crippen LogP contribution in [0.1, 0.15) is 12.0 Å². The van der Waals surface area contributed by atoms with Crippen molar-refractivity contribution < 1.29 is 14.0 Å². The van der Waals surface area contributed by atoms with Crippen LogP contribution in [-0.4, -0.2) is 48.9 Å². The third kappa shape index (κ3) is 3.50. The first-order valence-corrected chi connectivity index (χ1v) is 9.69. The molecule has 4 rings (SSSR count). The van der Waals surface area contributed by atoms with Crippen molar-refractivity contribution in [3.8, 4) is 0 Å². The van der Waals surface area contributed by atoms with Crippen LogP contribution in [0.3, 0.4) is 0 Å². The van der Waals surface area contributed by atoms with Gasteiger partial charge in [0.15, 0.2) is 0 Å². The predicted octanol–water partition coefficient (Wildman–Crippen LogP) is 3.24. The summed E-state index contributed by atoms with van der Waals surface area (Å²) >= 11 is 6.07. The zero-order chi connectivity index (χ0) is 19.8. The number of hydrogen-bond donors (Lipinski definition) is 0. The van der Waals surface area contributed by atoms with Gasteiger partial charge in [-0.2, -0.15) is 0 Å². The summed E-state index contributed by atoms with van der Waals surface area (Å²) in [5.41, 5.74) is 2.37. The number of amides is 2. The van der Waals surface area contributed by atoms with E-state index in [1.165, 1.54) is 17.0 Å². The van der Waals surface area contributed by atoms with Gasteiger partial charge in [0.05, 0.1) is 18.2 Å². The predicted molar refractivity (Wildman–Crippen MR) is 107 cm³/mol. The number of halogens is 2. The molecule has 2 heterocycles. The van der Waals surface area contributed by atoms with Crippen LogP contribution in [0.4, 0.5) is 15.8 Å². The summed E-state index contributed by atoms with van der Waals surface area (Å²) in [5.74, 6) is -0.638. The summed E-state index contributed by atoms with van der Waals surface area (Å²) in [6, 6.07) is 11.2. The summed E-state index contributed by atoms with van der Waals surface area (Å²) in [5, 5.41) is 0.498. The van der Waals surface area contributed by atoms with Crippen LogP contribution in [0.25, 0.3) is 0 Å². The fraction of sp³-hybridized carbons (Fsp3) is 0.333. The number of carbonyl (C=O) groups is 2. The molecule has 0 spiro atoms. The molecule has 0 N–H and O–H groups in total. The standard InChI is InChI=1S/C21H21ClFN3O2/c1-14-2-3-15(22)12-18(14)26-20(27)13-19(21(26)28)25-10-8-24(9-11-25)17-6-4-16(23)5-7-17/h2-7,12,19H,8-11,13H2,1H3/t19-/m1/s1. The highest BCUT2D eigenvalue weighted by Gasteiger charge is 2.43. The fourth-order valence-corrected chi connectivity index (χ4v) is 4.09. The number of aryl methyl sites for hydroxylation is 1. The third-order valence-corrected chi connectivity index (χ3v) is 5.72. The number of rotatable bonds is 3. The topological polar surface area (TPSA) is 43.9 Å². The second-order valence-corrected chi connectivity index (χ2v) is 7.65. The zero-order valence-electron chi connectivity index (χ0n) is 15.6. The molecule has 2 fully saturated rings. The van der Waals surface area contributed by atoms with Gasteiger partial charge in [0.1, 0.15) is 5.82 Å². The van der Waals surface area contributed by atoms with Gasteiger partial charge in [0.25, 0.3) is 5.91 Å². The van der Waals surface area contributed by atoms with Gasteiger partial charge in [-0.05, 0) is 48.9 Å². The molecule has 0 saturated carbocycles. The Morgan fingerprint density at radius 3 is 2.36 bits per heavy atom. The Balaban J connectivity index is 1.46. The van der Waals surface area contributed by atoms with Crippen molar-refractivity contribution in [1.29, 1.82) is 0 Å². The molecule has 2 saturated heterocycles. The normalized spacial score (nSPS) is 20.9. The van der Waals surface area contributed by atoms with Gasteiger partial charge in [-0.15, -0.1) is 0 Å². The Hall–Kier alpha value is -2.44. The monoisotopic (exact) mass is 401 g/mol. The number of piperazine rings is 1. The van der Waals surface area contributed by atoms with Crippen LogP contribution >= 0.6 is 11.6 Å². The zero-order valence-corrected chi connectivity index (χ0v) is 16.3. The van der Waals surface area contributed by atoms with Crippen molar-refractivity contribution in [1.82, 2.24) is 4.90 Å². The van der Waals surface area contributed by atoms with E-state index in [0.717, 1.165) is 24.3 Å². The minimum Gasteiger partial charge on any atom is -0.369 e. The lowest BCUT2D eigenvalue weighted by molar-refractivity contribution is -0.123. The summed E-state index contributed by atoms with van der Waals surface area (Å²) in [6.45, 7) is 4.65. The molecule has 2 aromatic rings. The second-order valence-electron chi connectivity index (χ2n) is 7.22. The van der Waals surface area contributed by atoms with Gasteiger partial charge in [0.2, 0.25) is 5.91 Å². The molecule has 2 aliphatic heterocycles. The van der Waals surface area contributed by atoms with Crippen LogP contribution in [0.15, 0.2) is 42.5 Å². The highest BCUT2D eigenvalue weighted by Crippen LogP contribution is 2.31. The maximum atomic E-state index is 13.1. The number of carbonyl (C=O) groups excluding carboxylic acids is 2. The van der Waals surface area contributed by atoms with E-state index >= 15 is 0 Å². The highest BCUT2D eigenvalue weighted by molar-refractivity contribution is 6.31. The minimum atomic E-state index is -0.443. The van der Waals surface area contributed by atoms with Crippen LogP contribution in [-0.2, 0) is 9.59 Å². The molecule has 7 heteroatoms.